The van der Waals surface area contributed by atoms with Gasteiger partial charge in [0.15, 0.2) is 0 Å². The van der Waals surface area contributed by atoms with E-state index in [-0.39, 0.29) is 17.5 Å². The van der Waals surface area contributed by atoms with Gasteiger partial charge in [0.25, 0.3) is 0 Å². The number of piperidine rings is 1. The normalized spacial score (nSPS) is 17.0. The van der Waals surface area contributed by atoms with Crippen LogP contribution in [0.3, 0.4) is 0 Å². The van der Waals surface area contributed by atoms with E-state index in [0.717, 1.165) is 38.2 Å². The van der Waals surface area contributed by atoms with Crippen LogP contribution in [0.15, 0.2) is 23.3 Å². The average molecular weight is 346 g/mol. The molecule has 1 amide bonds. The second-order valence-corrected chi connectivity index (χ2v) is 6.79. The molecule has 0 unspecified atom stereocenters. The van der Waals surface area contributed by atoms with E-state index < -0.39 is 0 Å². The second-order valence-electron chi connectivity index (χ2n) is 6.79. The molecular formula is C17H26N6O2. The lowest BCUT2D eigenvalue weighted by Crippen LogP contribution is -2.42. The number of likely N-dealkylation sites (tertiary alicyclic amines) is 1. The van der Waals surface area contributed by atoms with Crippen LogP contribution >= 0.6 is 0 Å². The highest BCUT2D eigenvalue weighted by Crippen LogP contribution is 2.22. The fourth-order valence-electron chi connectivity index (χ4n) is 3.53. The van der Waals surface area contributed by atoms with E-state index in [2.05, 4.69) is 15.3 Å². The maximum absolute atomic E-state index is 12.6. The number of carbonyl (C=O) groups is 1. The summed E-state index contributed by atoms with van der Waals surface area (Å²) in [7, 11) is 0. The van der Waals surface area contributed by atoms with E-state index in [4.69, 9.17) is 0 Å². The quantitative estimate of drug-likeness (QED) is 0.842. The van der Waals surface area contributed by atoms with Gasteiger partial charge in [0.2, 0.25) is 5.91 Å². The minimum atomic E-state index is -0.141. The first-order valence-electron chi connectivity index (χ1n) is 8.98. The maximum atomic E-state index is 12.6. The number of hydrogen-bond donors (Lipinski definition) is 1. The lowest BCUT2D eigenvalue weighted by atomic mass is 9.92. The van der Waals surface area contributed by atoms with Gasteiger partial charge in [-0.2, -0.15) is 10.2 Å². The number of nitrogens with zero attached hydrogens (tertiary/aromatic N) is 5. The monoisotopic (exact) mass is 346 g/mol. The molecule has 1 atom stereocenters. The van der Waals surface area contributed by atoms with Crippen LogP contribution in [0.1, 0.15) is 32.5 Å². The number of aromatic amines is 1. The molecule has 0 saturated carbocycles. The lowest BCUT2D eigenvalue weighted by Gasteiger charge is -2.33. The largest absolute Gasteiger partial charge is 0.343 e. The maximum Gasteiger partial charge on any atom is 0.343 e. The zero-order chi connectivity index (χ0) is 17.8. The summed E-state index contributed by atoms with van der Waals surface area (Å²) in [6, 6.07) is 1.87. The van der Waals surface area contributed by atoms with Crippen molar-refractivity contribution < 1.29 is 4.79 Å². The zero-order valence-electron chi connectivity index (χ0n) is 14.9. The van der Waals surface area contributed by atoms with Crippen LogP contribution in [0.25, 0.3) is 0 Å². The molecule has 2 aromatic rings. The molecule has 0 radical (unpaired) electrons. The molecule has 1 aliphatic heterocycles. The predicted octanol–water partition coefficient (Wildman–Crippen LogP) is 0.905. The summed E-state index contributed by atoms with van der Waals surface area (Å²) < 4.78 is 3.49. The summed E-state index contributed by atoms with van der Waals surface area (Å²) in [5.74, 6) is 1.41. The van der Waals surface area contributed by atoms with Crippen LogP contribution in [0.4, 0.5) is 0 Å². The summed E-state index contributed by atoms with van der Waals surface area (Å²) in [5, 5.41) is 10.8. The summed E-state index contributed by atoms with van der Waals surface area (Å²) in [4.78, 5) is 26.2. The Kier molecular flexibility index (Phi) is 5.35. The Hall–Kier alpha value is -2.38. The van der Waals surface area contributed by atoms with E-state index >= 15 is 0 Å². The van der Waals surface area contributed by atoms with Crippen molar-refractivity contribution in [2.45, 2.75) is 46.2 Å². The predicted molar refractivity (Wildman–Crippen MR) is 92.9 cm³/mol. The Morgan fingerprint density at radius 3 is 2.80 bits per heavy atom. The SMILES string of the molecule is CCn1c(CC2CCN(C(=O)[C@@H](C)Cn3cccn3)CC2)n[nH]c1=O. The molecule has 2 aromatic heterocycles. The van der Waals surface area contributed by atoms with E-state index in [1.807, 2.05) is 31.0 Å². The molecule has 0 aliphatic carbocycles. The van der Waals surface area contributed by atoms with Crippen molar-refractivity contribution in [2.24, 2.45) is 11.8 Å². The number of H-pyrrole nitrogens is 1. The number of carbonyl (C=O) groups excluding carboxylic acids is 1. The number of hydrogen-bond acceptors (Lipinski definition) is 4. The average Bonchev–Trinajstić information content (AvgIpc) is 3.24. The van der Waals surface area contributed by atoms with Crippen molar-refractivity contribution in [2.75, 3.05) is 13.1 Å². The highest BCUT2D eigenvalue weighted by molar-refractivity contribution is 5.78. The lowest BCUT2D eigenvalue weighted by molar-refractivity contribution is -0.136. The summed E-state index contributed by atoms with van der Waals surface area (Å²) in [5.41, 5.74) is -0.141. The molecule has 8 heteroatoms. The first-order chi connectivity index (χ1) is 12.1. The van der Waals surface area contributed by atoms with E-state index in [1.54, 1.807) is 15.4 Å². The Morgan fingerprint density at radius 2 is 2.16 bits per heavy atom. The highest BCUT2D eigenvalue weighted by Gasteiger charge is 2.27. The minimum Gasteiger partial charge on any atom is -0.342 e. The van der Waals surface area contributed by atoms with Gasteiger partial charge < -0.3 is 4.90 Å². The van der Waals surface area contributed by atoms with Crippen molar-refractivity contribution >= 4 is 5.91 Å². The fraction of sp³-hybridized carbons (Fsp3) is 0.647. The van der Waals surface area contributed by atoms with E-state index in [9.17, 15) is 9.59 Å². The molecule has 0 spiro atoms. The van der Waals surface area contributed by atoms with Crippen LogP contribution < -0.4 is 5.69 Å². The number of nitrogens with one attached hydrogen (secondary N) is 1. The third-order valence-electron chi connectivity index (χ3n) is 4.99. The molecule has 25 heavy (non-hydrogen) atoms. The third kappa shape index (κ3) is 4.00. The number of rotatable bonds is 6. The van der Waals surface area contributed by atoms with Crippen molar-refractivity contribution in [3.05, 3.63) is 34.8 Å². The molecule has 0 bridgehead atoms. The van der Waals surface area contributed by atoms with Crippen LogP contribution in [0.5, 0.6) is 0 Å². The number of amides is 1. The van der Waals surface area contributed by atoms with Gasteiger partial charge in [0.05, 0.1) is 12.5 Å². The first-order valence-corrected chi connectivity index (χ1v) is 8.98. The summed E-state index contributed by atoms with van der Waals surface area (Å²) in [6.07, 6.45) is 6.30. The summed E-state index contributed by atoms with van der Waals surface area (Å²) in [6.45, 7) is 6.69. The molecule has 1 N–H and O–H groups in total. The third-order valence-corrected chi connectivity index (χ3v) is 4.99. The van der Waals surface area contributed by atoms with Gasteiger partial charge in [-0.3, -0.25) is 14.0 Å². The van der Waals surface area contributed by atoms with Crippen molar-refractivity contribution in [3.8, 4) is 0 Å². The topological polar surface area (TPSA) is 88.8 Å². The van der Waals surface area contributed by atoms with Gasteiger partial charge >= 0.3 is 5.69 Å². The molecule has 3 heterocycles. The first kappa shape index (κ1) is 17.4. The van der Waals surface area contributed by atoms with Crippen LogP contribution in [-0.4, -0.2) is 48.4 Å². The zero-order valence-corrected chi connectivity index (χ0v) is 14.9. The molecule has 136 valence electrons. The molecule has 1 aliphatic rings. The second kappa shape index (κ2) is 7.67. The van der Waals surface area contributed by atoms with Crippen molar-refractivity contribution in [3.63, 3.8) is 0 Å². The van der Waals surface area contributed by atoms with E-state index in [0.29, 0.717) is 19.0 Å². The molecule has 1 saturated heterocycles. The van der Waals surface area contributed by atoms with Gasteiger partial charge in [-0.05, 0) is 31.7 Å². The van der Waals surface area contributed by atoms with Gasteiger partial charge in [0.1, 0.15) is 5.82 Å². The van der Waals surface area contributed by atoms with Crippen LogP contribution in [0, 0.1) is 11.8 Å². The van der Waals surface area contributed by atoms with Gasteiger partial charge in [-0.15, -0.1) is 0 Å². The molecule has 8 nitrogen and oxygen atoms in total. The Labute approximate surface area is 146 Å². The number of aromatic nitrogens is 5. The van der Waals surface area contributed by atoms with Gasteiger partial charge in [0, 0.05) is 38.4 Å². The molecular weight excluding hydrogens is 320 g/mol. The standard InChI is InChI=1S/C17H26N6O2/c1-3-23-15(19-20-17(23)25)11-14-5-9-21(10-6-14)16(24)13(2)12-22-8-4-7-18-22/h4,7-8,13-14H,3,5-6,9-12H2,1-2H3,(H,20,25)/t13-/m0/s1. The fourth-order valence-corrected chi connectivity index (χ4v) is 3.53. The minimum absolute atomic E-state index is 0.0759. The molecule has 1 fully saturated rings. The van der Waals surface area contributed by atoms with E-state index in [1.165, 1.54) is 0 Å². The van der Waals surface area contributed by atoms with Crippen LogP contribution in [-0.2, 0) is 24.3 Å². The molecule has 0 aromatic carbocycles. The summed E-state index contributed by atoms with van der Waals surface area (Å²) >= 11 is 0. The van der Waals surface area contributed by atoms with Crippen LogP contribution in [0.2, 0.25) is 0 Å². The Bertz CT molecular complexity index is 740. The Balaban J connectivity index is 1.51. The Morgan fingerprint density at radius 1 is 1.40 bits per heavy atom. The van der Waals surface area contributed by atoms with Crippen molar-refractivity contribution in [1.82, 2.24) is 29.4 Å². The van der Waals surface area contributed by atoms with Gasteiger partial charge in [-0.25, -0.2) is 9.89 Å². The van der Waals surface area contributed by atoms with Gasteiger partial charge in [-0.1, -0.05) is 6.92 Å². The van der Waals surface area contributed by atoms with Crippen molar-refractivity contribution in [1.29, 1.82) is 0 Å². The highest BCUT2D eigenvalue weighted by atomic mass is 16.2. The smallest absolute Gasteiger partial charge is 0.342 e. The molecule has 3 rings (SSSR count).